The van der Waals surface area contributed by atoms with Crippen molar-refractivity contribution in [3.8, 4) is 0 Å². The third-order valence-electron chi connectivity index (χ3n) is 5.08. The minimum Gasteiger partial charge on any atom is -0.343 e. The Morgan fingerprint density at radius 1 is 0.920 bits per heavy atom. The lowest BCUT2D eigenvalue weighted by Gasteiger charge is -2.35. The second kappa shape index (κ2) is 8.68. The lowest BCUT2D eigenvalue weighted by Crippen LogP contribution is -2.49. The lowest BCUT2D eigenvalue weighted by atomic mass is 10.1. The predicted molar refractivity (Wildman–Crippen MR) is 98.8 cm³/mol. The quantitative estimate of drug-likeness (QED) is 0.825. The maximum absolute atomic E-state index is 12.5. The van der Waals surface area contributed by atoms with Crippen molar-refractivity contribution in [1.29, 1.82) is 0 Å². The molecule has 0 aromatic heterocycles. The van der Waals surface area contributed by atoms with Gasteiger partial charge in [0.15, 0.2) is 0 Å². The van der Waals surface area contributed by atoms with Crippen LogP contribution in [0.1, 0.15) is 36.0 Å². The molecule has 0 aliphatic carbocycles. The van der Waals surface area contributed by atoms with Gasteiger partial charge in [-0.15, -0.1) is 0 Å². The van der Waals surface area contributed by atoms with Crippen molar-refractivity contribution >= 4 is 23.4 Å². The average molecular weight is 364 g/mol. The summed E-state index contributed by atoms with van der Waals surface area (Å²) in [6.45, 7) is 5.65. The molecule has 0 saturated carbocycles. The Kier molecular flexibility index (Phi) is 6.32. The van der Waals surface area contributed by atoms with Crippen LogP contribution in [-0.2, 0) is 4.79 Å². The smallest absolute Gasteiger partial charge is 0.253 e. The molecule has 2 fully saturated rings. The zero-order chi connectivity index (χ0) is 17.6. The van der Waals surface area contributed by atoms with E-state index in [2.05, 4.69) is 4.90 Å². The number of hydrogen-bond acceptors (Lipinski definition) is 3. The summed E-state index contributed by atoms with van der Waals surface area (Å²) in [5.74, 6) is 0.309. The SMILES string of the molecule is O=C(CCN1CCN(C(=O)c2cccc(Cl)c2)CC1)N1CCCCC1. The van der Waals surface area contributed by atoms with E-state index in [1.54, 1.807) is 24.3 Å². The largest absolute Gasteiger partial charge is 0.343 e. The van der Waals surface area contributed by atoms with Gasteiger partial charge in [-0.1, -0.05) is 17.7 Å². The summed E-state index contributed by atoms with van der Waals surface area (Å²) in [4.78, 5) is 30.9. The second-order valence-corrected chi connectivity index (χ2v) is 7.27. The Labute approximate surface area is 154 Å². The fourth-order valence-electron chi connectivity index (χ4n) is 3.53. The summed E-state index contributed by atoms with van der Waals surface area (Å²) in [6.07, 6.45) is 4.10. The highest BCUT2D eigenvalue weighted by Gasteiger charge is 2.23. The van der Waals surface area contributed by atoms with E-state index in [1.165, 1.54) is 6.42 Å². The van der Waals surface area contributed by atoms with E-state index in [-0.39, 0.29) is 11.8 Å². The van der Waals surface area contributed by atoms with E-state index in [9.17, 15) is 9.59 Å². The first-order valence-electron chi connectivity index (χ1n) is 9.18. The number of benzene rings is 1. The highest BCUT2D eigenvalue weighted by molar-refractivity contribution is 6.30. The van der Waals surface area contributed by atoms with Gasteiger partial charge in [-0.05, 0) is 37.5 Å². The summed E-state index contributed by atoms with van der Waals surface area (Å²) < 4.78 is 0. The molecule has 6 heteroatoms. The fraction of sp³-hybridized carbons (Fsp3) is 0.579. The number of halogens is 1. The van der Waals surface area contributed by atoms with E-state index >= 15 is 0 Å². The number of piperazine rings is 1. The fourth-order valence-corrected chi connectivity index (χ4v) is 3.72. The standard InChI is InChI=1S/C19H26ClN3O2/c20-17-6-4-5-16(15-17)19(25)23-13-11-21(12-14-23)10-7-18(24)22-8-2-1-3-9-22/h4-6,15H,1-3,7-14H2. The summed E-state index contributed by atoms with van der Waals surface area (Å²) >= 11 is 5.97. The molecular weight excluding hydrogens is 338 g/mol. The molecule has 1 aromatic carbocycles. The van der Waals surface area contributed by atoms with Gasteiger partial charge in [0, 0.05) is 62.8 Å². The molecule has 2 saturated heterocycles. The molecule has 0 bridgehead atoms. The Hall–Kier alpha value is -1.59. The Morgan fingerprint density at radius 2 is 1.64 bits per heavy atom. The van der Waals surface area contributed by atoms with E-state index in [0.717, 1.165) is 45.6 Å². The number of likely N-dealkylation sites (tertiary alicyclic amines) is 1. The van der Waals surface area contributed by atoms with Crippen molar-refractivity contribution in [1.82, 2.24) is 14.7 Å². The highest BCUT2D eigenvalue weighted by Crippen LogP contribution is 2.15. The summed E-state index contributed by atoms with van der Waals surface area (Å²) in [5.41, 5.74) is 0.640. The lowest BCUT2D eigenvalue weighted by molar-refractivity contribution is -0.132. The van der Waals surface area contributed by atoms with E-state index in [1.807, 2.05) is 9.80 Å². The van der Waals surface area contributed by atoms with Crippen LogP contribution in [0.4, 0.5) is 0 Å². The maximum Gasteiger partial charge on any atom is 0.253 e. The number of amides is 2. The van der Waals surface area contributed by atoms with Gasteiger partial charge < -0.3 is 9.80 Å². The third kappa shape index (κ3) is 4.95. The molecule has 3 rings (SSSR count). The Morgan fingerprint density at radius 3 is 2.32 bits per heavy atom. The van der Waals surface area contributed by atoms with Crippen molar-refractivity contribution < 1.29 is 9.59 Å². The molecule has 25 heavy (non-hydrogen) atoms. The minimum absolute atomic E-state index is 0.0338. The molecule has 5 nitrogen and oxygen atoms in total. The minimum atomic E-state index is 0.0338. The first kappa shape index (κ1) is 18.2. The number of nitrogens with zero attached hydrogens (tertiary/aromatic N) is 3. The number of hydrogen-bond donors (Lipinski definition) is 0. The number of carbonyl (C=O) groups excluding carboxylic acids is 2. The molecule has 0 atom stereocenters. The van der Waals surface area contributed by atoms with Gasteiger partial charge in [-0.3, -0.25) is 14.5 Å². The van der Waals surface area contributed by atoms with E-state index in [0.29, 0.717) is 30.1 Å². The van der Waals surface area contributed by atoms with Crippen molar-refractivity contribution in [3.05, 3.63) is 34.9 Å². The van der Waals surface area contributed by atoms with Gasteiger partial charge in [0.2, 0.25) is 5.91 Å². The Balaban J connectivity index is 1.42. The van der Waals surface area contributed by atoms with Gasteiger partial charge in [0.1, 0.15) is 0 Å². The highest BCUT2D eigenvalue weighted by atomic mass is 35.5. The number of rotatable bonds is 4. The van der Waals surface area contributed by atoms with Gasteiger partial charge >= 0.3 is 0 Å². The summed E-state index contributed by atoms with van der Waals surface area (Å²) in [7, 11) is 0. The topological polar surface area (TPSA) is 43.9 Å². The molecule has 1 aromatic rings. The zero-order valence-electron chi connectivity index (χ0n) is 14.6. The zero-order valence-corrected chi connectivity index (χ0v) is 15.4. The van der Waals surface area contributed by atoms with Crippen LogP contribution >= 0.6 is 11.6 Å². The van der Waals surface area contributed by atoms with Crippen LogP contribution in [0.15, 0.2) is 24.3 Å². The van der Waals surface area contributed by atoms with Crippen LogP contribution in [0.2, 0.25) is 5.02 Å². The molecule has 0 spiro atoms. The molecule has 2 amide bonds. The molecule has 2 aliphatic heterocycles. The summed E-state index contributed by atoms with van der Waals surface area (Å²) in [6, 6.07) is 7.10. The first-order valence-corrected chi connectivity index (χ1v) is 9.56. The summed E-state index contributed by atoms with van der Waals surface area (Å²) in [5, 5.41) is 0.584. The van der Waals surface area contributed by atoms with Gasteiger partial charge in [-0.2, -0.15) is 0 Å². The van der Waals surface area contributed by atoms with Crippen molar-refractivity contribution in [2.24, 2.45) is 0 Å². The van der Waals surface area contributed by atoms with Crippen LogP contribution in [0.3, 0.4) is 0 Å². The van der Waals surface area contributed by atoms with Crippen LogP contribution in [0.25, 0.3) is 0 Å². The molecule has 0 unspecified atom stereocenters. The normalized spacial score (nSPS) is 19.1. The van der Waals surface area contributed by atoms with Crippen molar-refractivity contribution in [3.63, 3.8) is 0 Å². The number of carbonyl (C=O) groups is 2. The third-order valence-corrected chi connectivity index (χ3v) is 5.32. The predicted octanol–water partition coefficient (Wildman–Crippen LogP) is 2.50. The molecule has 2 aliphatic rings. The average Bonchev–Trinajstić information content (AvgIpc) is 2.66. The molecular formula is C19H26ClN3O2. The second-order valence-electron chi connectivity index (χ2n) is 6.84. The monoisotopic (exact) mass is 363 g/mol. The van der Waals surface area contributed by atoms with Crippen LogP contribution < -0.4 is 0 Å². The first-order chi connectivity index (χ1) is 12.1. The maximum atomic E-state index is 12.5. The van der Waals surface area contributed by atoms with Gasteiger partial charge in [0.25, 0.3) is 5.91 Å². The van der Waals surface area contributed by atoms with E-state index < -0.39 is 0 Å². The van der Waals surface area contributed by atoms with Crippen molar-refractivity contribution in [2.75, 3.05) is 45.8 Å². The molecule has 0 radical (unpaired) electrons. The van der Waals surface area contributed by atoms with Crippen LogP contribution in [0.5, 0.6) is 0 Å². The van der Waals surface area contributed by atoms with Gasteiger partial charge in [0.05, 0.1) is 0 Å². The molecule has 0 N–H and O–H groups in total. The van der Waals surface area contributed by atoms with Crippen molar-refractivity contribution in [2.45, 2.75) is 25.7 Å². The molecule has 2 heterocycles. The van der Waals surface area contributed by atoms with Gasteiger partial charge in [-0.25, -0.2) is 0 Å². The molecule has 136 valence electrons. The number of piperidine rings is 1. The van der Waals surface area contributed by atoms with E-state index in [4.69, 9.17) is 11.6 Å². The van der Waals surface area contributed by atoms with Crippen LogP contribution in [-0.4, -0.2) is 72.3 Å². The Bertz CT molecular complexity index is 608. The van der Waals surface area contributed by atoms with Crippen LogP contribution in [0, 0.1) is 0 Å².